The normalized spacial score (nSPS) is 36.1. The molecule has 1 aromatic rings. The lowest BCUT2D eigenvalue weighted by molar-refractivity contribution is 0.00653. The third-order valence-electron chi connectivity index (χ3n) is 6.75. The molecule has 3 aliphatic carbocycles. The van der Waals surface area contributed by atoms with E-state index in [4.69, 9.17) is 4.74 Å². The molecule has 1 unspecified atom stereocenters. The summed E-state index contributed by atoms with van der Waals surface area (Å²) in [4.78, 5) is 0. The van der Waals surface area contributed by atoms with Gasteiger partial charge >= 0.3 is 0 Å². The van der Waals surface area contributed by atoms with Crippen molar-refractivity contribution in [3.05, 3.63) is 35.4 Å². The monoisotopic (exact) mass is 298 g/mol. The highest BCUT2D eigenvalue weighted by Gasteiger charge is 2.53. The molecule has 22 heavy (non-hydrogen) atoms. The predicted octanol–water partition coefficient (Wildman–Crippen LogP) is 4.21. The molecule has 4 atom stereocenters. The highest BCUT2D eigenvalue weighted by Crippen LogP contribution is 2.60. The fourth-order valence-electron chi connectivity index (χ4n) is 5.52. The second-order valence-electron chi connectivity index (χ2n) is 7.32. The van der Waals surface area contributed by atoms with Crippen LogP contribution in [0.2, 0.25) is 0 Å². The van der Waals surface area contributed by atoms with Gasteiger partial charge in [0.15, 0.2) is 0 Å². The van der Waals surface area contributed by atoms with Crippen molar-refractivity contribution in [3.8, 4) is 5.75 Å². The zero-order valence-corrected chi connectivity index (χ0v) is 13.6. The quantitative estimate of drug-likeness (QED) is 0.886. The van der Waals surface area contributed by atoms with Gasteiger partial charge in [-0.1, -0.05) is 19.1 Å². The van der Waals surface area contributed by atoms with Crippen molar-refractivity contribution >= 4 is 5.57 Å². The van der Waals surface area contributed by atoms with Gasteiger partial charge in [0.1, 0.15) is 5.75 Å². The molecule has 1 saturated carbocycles. The summed E-state index contributed by atoms with van der Waals surface area (Å²) >= 11 is 0. The largest absolute Gasteiger partial charge is 0.497 e. The molecular weight excluding hydrogens is 272 g/mol. The third kappa shape index (κ3) is 1.83. The molecule has 0 heterocycles. The summed E-state index contributed by atoms with van der Waals surface area (Å²) in [5.74, 6) is 2.28. The van der Waals surface area contributed by atoms with E-state index in [9.17, 15) is 5.11 Å². The Morgan fingerprint density at radius 1 is 1.27 bits per heavy atom. The maximum atomic E-state index is 10.6. The van der Waals surface area contributed by atoms with Crippen LogP contribution in [0.1, 0.15) is 50.2 Å². The SMILES string of the molecule is CC[C@]12CC=C3c4ccc(OC)cc4CC[C@H]3[C@@H]1CCC2O. The fraction of sp³-hybridized carbons (Fsp3) is 0.600. The van der Waals surface area contributed by atoms with E-state index in [1.165, 1.54) is 24.0 Å². The molecule has 0 amide bonds. The van der Waals surface area contributed by atoms with Crippen LogP contribution in [-0.4, -0.2) is 18.3 Å². The van der Waals surface area contributed by atoms with Crippen molar-refractivity contribution in [1.82, 2.24) is 0 Å². The summed E-state index contributed by atoms with van der Waals surface area (Å²) in [7, 11) is 1.74. The van der Waals surface area contributed by atoms with E-state index in [0.29, 0.717) is 11.8 Å². The van der Waals surface area contributed by atoms with Crippen LogP contribution in [0.3, 0.4) is 0 Å². The maximum Gasteiger partial charge on any atom is 0.119 e. The lowest BCUT2D eigenvalue weighted by atomic mass is 9.58. The van der Waals surface area contributed by atoms with Crippen molar-refractivity contribution in [1.29, 1.82) is 0 Å². The Morgan fingerprint density at radius 2 is 2.14 bits per heavy atom. The van der Waals surface area contributed by atoms with E-state index < -0.39 is 0 Å². The number of hydrogen-bond donors (Lipinski definition) is 1. The van der Waals surface area contributed by atoms with Crippen molar-refractivity contribution in [2.75, 3.05) is 7.11 Å². The molecule has 0 bridgehead atoms. The molecule has 118 valence electrons. The maximum absolute atomic E-state index is 10.6. The van der Waals surface area contributed by atoms with Crippen LogP contribution in [0.5, 0.6) is 5.75 Å². The van der Waals surface area contributed by atoms with Gasteiger partial charge in [-0.3, -0.25) is 0 Å². The topological polar surface area (TPSA) is 29.5 Å². The highest BCUT2D eigenvalue weighted by molar-refractivity contribution is 5.73. The molecule has 2 nitrogen and oxygen atoms in total. The van der Waals surface area contributed by atoms with Crippen molar-refractivity contribution in [2.45, 2.75) is 51.6 Å². The minimum absolute atomic E-state index is 0.0995. The van der Waals surface area contributed by atoms with E-state index in [0.717, 1.165) is 31.4 Å². The number of ether oxygens (including phenoxy) is 1. The van der Waals surface area contributed by atoms with E-state index in [-0.39, 0.29) is 11.5 Å². The second-order valence-corrected chi connectivity index (χ2v) is 7.32. The first kappa shape index (κ1) is 14.3. The Labute approximate surface area is 133 Å². The third-order valence-corrected chi connectivity index (χ3v) is 6.75. The van der Waals surface area contributed by atoms with Gasteiger partial charge < -0.3 is 9.84 Å². The number of hydrogen-bond acceptors (Lipinski definition) is 2. The summed E-state index contributed by atoms with van der Waals surface area (Å²) in [6, 6.07) is 6.54. The minimum atomic E-state index is -0.0995. The Morgan fingerprint density at radius 3 is 2.91 bits per heavy atom. The molecule has 0 aliphatic heterocycles. The summed E-state index contributed by atoms with van der Waals surface area (Å²) < 4.78 is 5.38. The average Bonchev–Trinajstić information content (AvgIpc) is 2.91. The molecule has 0 radical (unpaired) electrons. The molecule has 0 aromatic heterocycles. The van der Waals surface area contributed by atoms with Gasteiger partial charge in [0.25, 0.3) is 0 Å². The number of aryl methyl sites for hydroxylation is 1. The van der Waals surface area contributed by atoms with Gasteiger partial charge in [-0.15, -0.1) is 0 Å². The van der Waals surface area contributed by atoms with Gasteiger partial charge in [-0.05, 0) is 79.2 Å². The first-order valence-electron chi connectivity index (χ1n) is 8.75. The molecule has 0 spiro atoms. The van der Waals surface area contributed by atoms with Gasteiger partial charge in [-0.25, -0.2) is 0 Å². The van der Waals surface area contributed by atoms with Crippen molar-refractivity contribution in [2.24, 2.45) is 17.3 Å². The second kappa shape index (κ2) is 5.13. The molecule has 4 rings (SSSR count). The van der Waals surface area contributed by atoms with E-state index in [1.807, 2.05) is 0 Å². The number of aliphatic hydroxyl groups is 1. The molecule has 1 aromatic carbocycles. The van der Waals surface area contributed by atoms with Crippen LogP contribution in [0, 0.1) is 17.3 Å². The number of benzene rings is 1. The van der Waals surface area contributed by atoms with Crippen LogP contribution in [-0.2, 0) is 6.42 Å². The molecular formula is C20H26O2. The van der Waals surface area contributed by atoms with E-state index in [1.54, 1.807) is 12.7 Å². The van der Waals surface area contributed by atoms with Crippen LogP contribution < -0.4 is 4.74 Å². The lowest BCUT2D eigenvalue weighted by Gasteiger charge is -2.47. The summed E-state index contributed by atoms with van der Waals surface area (Å²) in [6.07, 6.45) is 9.06. The first-order valence-corrected chi connectivity index (χ1v) is 8.75. The van der Waals surface area contributed by atoms with Gasteiger partial charge in [0.05, 0.1) is 13.2 Å². The molecule has 1 fully saturated rings. The van der Waals surface area contributed by atoms with Crippen LogP contribution in [0.25, 0.3) is 5.57 Å². The lowest BCUT2D eigenvalue weighted by Crippen LogP contribution is -2.41. The number of allylic oxidation sites excluding steroid dienone is 2. The highest BCUT2D eigenvalue weighted by atomic mass is 16.5. The zero-order valence-electron chi connectivity index (χ0n) is 13.6. The van der Waals surface area contributed by atoms with Gasteiger partial charge in [-0.2, -0.15) is 0 Å². The minimum Gasteiger partial charge on any atom is -0.497 e. The Balaban J connectivity index is 1.76. The van der Waals surface area contributed by atoms with Crippen molar-refractivity contribution in [3.63, 3.8) is 0 Å². The molecule has 3 aliphatic rings. The first-order chi connectivity index (χ1) is 10.7. The van der Waals surface area contributed by atoms with Crippen molar-refractivity contribution < 1.29 is 9.84 Å². The van der Waals surface area contributed by atoms with E-state index in [2.05, 4.69) is 31.2 Å². The standard InChI is InChI=1S/C20H26O2/c1-3-20-11-10-16-15-7-5-14(22-2)12-13(15)4-6-17(16)18(20)8-9-19(20)21/h5,7,10,12,17-19,21H,3-4,6,8-9,11H2,1-2H3/t17-,18+,19?,20+/m1/s1. The van der Waals surface area contributed by atoms with Crippen LogP contribution in [0.15, 0.2) is 24.3 Å². The Bertz CT molecular complexity index is 618. The fourth-order valence-corrected chi connectivity index (χ4v) is 5.52. The zero-order chi connectivity index (χ0) is 15.3. The van der Waals surface area contributed by atoms with Crippen LogP contribution >= 0.6 is 0 Å². The molecule has 0 saturated heterocycles. The average molecular weight is 298 g/mol. The smallest absolute Gasteiger partial charge is 0.119 e. The summed E-state index contributed by atoms with van der Waals surface area (Å²) in [5.41, 5.74) is 4.57. The summed E-state index contributed by atoms with van der Waals surface area (Å²) in [6.45, 7) is 2.27. The number of fused-ring (bicyclic) bond motifs is 5. The van der Waals surface area contributed by atoms with Crippen LogP contribution in [0.4, 0.5) is 0 Å². The van der Waals surface area contributed by atoms with Gasteiger partial charge in [0.2, 0.25) is 0 Å². The Kier molecular flexibility index (Phi) is 3.34. The number of methoxy groups -OCH3 is 1. The van der Waals surface area contributed by atoms with E-state index >= 15 is 0 Å². The molecule has 2 heteroatoms. The molecule has 1 N–H and O–H groups in total. The number of rotatable bonds is 2. The predicted molar refractivity (Wildman–Crippen MR) is 88.9 cm³/mol. The number of aliphatic hydroxyl groups excluding tert-OH is 1. The van der Waals surface area contributed by atoms with Gasteiger partial charge in [0, 0.05) is 5.41 Å². The Hall–Kier alpha value is -1.28. The summed E-state index contributed by atoms with van der Waals surface area (Å²) in [5, 5.41) is 10.6.